The van der Waals surface area contributed by atoms with Crippen LogP contribution in [-0.2, 0) is 4.57 Å². The molecule has 3 heteroatoms. The van der Waals surface area contributed by atoms with Crippen LogP contribution in [0.3, 0.4) is 0 Å². The summed E-state index contributed by atoms with van der Waals surface area (Å²) < 4.78 is 10.9. The summed E-state index contributed by atoms with van der Waals surface area (Å²) in [6.45, 7) is 3.58. The Bertz CT molecular complexity index is 96.6. The Labute approximate surface area is 55.8 Å². The summed E-state index contributed by atoms with van der Waals surface area (Å²) in [5.41, 5.74) is 0. The highest BCUT2D eigenvalue weighted by molar-refractivity contribution is 7.62. The van der Waals surface area contributed by atoms with Gasteiger partial charge in [0.1, 0.15) is 0 Å². The van der Waals surface area contributed by atoms with Gasteiger partial charge in [-0.15, -0.1) is 11.6 Å². The van der Waals surface area contributed by atoms with Gasteiger partial charge in [0, 0.05) is 12.0 Å². The molecule has 0 saturated carbocycles. The van der Waals surface area contributed by atoms with E-state index in [0.717, 1.165) is 12.6 Å². The Hall–Kier alpha value is 0.520. The lowest BCUT2D eigenvalue weighted by Crippen LogP contribution is -1.85. The van der Waals surface area contributed by atoms with Crippen LogP contribution >= 0.6 is 18.7 Å². The van der Waals surface area contributed by atoms with E-state index in [1.807, 2.05) is 0 Å². The van der Waals surface area contributed by atoms with Gasteiger partial charge in [-0.05, 0) is 19.8 Å². The molecular weight excluding hydrogens is 142 g/mol. The fourth-order valence-electron chi connectivity index (χ4n) is 0.441. The second kappa shape index (κ2) is 3.53. The minimum atomic E-state index is -1.77. The van der Waals surface area contributed by atoms with Crippen molar-refractivity contribution in [3.8, 4) is 0 Å². The monoisotopic (exact) mass is 154 g/mol. The molecule has 0 aliphatic carbocycles. The Kier molecular flexibility index (Phi) is 3.76. The second-order valence-corrected chi connectivity index (χ2v) is 6.31. The molecule has 0 amide bonds. The first-order valence-corrected chi connectivity index (χ1v) is 5.98. The van der Waals surface area contributed by atoms with Gasteiger partial charge in [-0.2, -0.15) is 0 Å². The van der Waals surface area contributed by atoms with Crippen molar-refractivity contribution in [2.45, 2.75) is 6.42 Å². The standard InChI is InChI=1S/C5H12ClOP/c1-8(2,7)5-3-4-6/h3-5H2,1-2H3. The molecule has 0 heterocycles. The van der Waals surface area contributed by atoms with E-state index in [4.69, 9.17) is 11.6 Å². The second-order valence-electron chi connectivity index (χ2n) is 2.34. The van der Waals surface area contributed by atoms with Gasteiger partial charge in [0.05, 0.1) is 7.14 Å². The summed E-state index contributed by atoms with van der Waals surface area (Å²) in [7, 11) is -1.77. The average molecular weight is 155 g/mol. The van der Waals surface area contributed by atoms with E-state index in [9.17, 15) is 4.57 Å². The van der Waals surface area contributed by atoms with Crippen molar-refractivity contribution in [1.29, 1.82) is 0 Å². The number of halogens is 1. The third kappa shape index (κ3) is 6.52. The van der Waals surface area contributed by atoms with E-state index < -0.39 is 7.14 Å². The lowest BCUT2D eigenvalue weighted by atomic mass is 10.6. The molecule has 0 rings (SSSR count). The SMILES string of the molecule is CP(C)(=O)CCCCl. The van der Waals surface area contributed by atoms with Crippen LogP contribution in [0.2, 0.25) is 0 Å². The zero-order valence-electron chi connectivity index (χ0n) is 5.35. The smallest absolute Gasteiger partial charge is 0.0819 e. The Balaban J connectivity index is 3.26. The summed E-state index contributed by atoms with van der Waals surface area (Å²) in [5.74, 6) is 0.631. The molecule has 50 valence electrons. The van der Waals surface area contributed by atoms with Gasteiger partial charge in [0.15, 0.2) is 0 Å². The van der Waals surface area contributed by atoms with Crippen molar-refractivity contribution in [2.75, 3.05) is 25.4 Å². The minimum Gasteiger partial charge on any atom is -0.324 e. The highest BCUT2D eigenvalue weighted by Gasteiger charge is 2.03. The van der Waals surface area contributed by atoms with E-state index in [1.165, 1.54) is 0 Å². The molecule has 0 spiro atoms. The zero-order valence-corrected chi connectivity index (χ0v) is 7.01. The topological polar surface area (TPSA) is 17.1 Å². The molecule has 0 radical (unpaired) electrons. The summed E-state index contributed by atoms with van der Waals surface area (Å²) in [4.78, 5) is 0. The van der Waals surface area contributed by atoms with Crippen molar-refractivity contribution in [1.82, 2.24) is 0 Å². The third-order valence-corrected chi connectivity index (χ3v) is 2.49. The van der Waals surface area contributed by atoms with E-state index >= 15 is 0 Å². The molecule has 0 aliphatic rings. The Morgan fingerprint density at radius 3 is 2.12 bits per heavy atom. The first-order valence-electron chi connectivity index (χ1n) is 2.66. The van der Waals surface area contributed by atoms with Gasteiger partial charge in [0.2, 0.25) is 0 Å². The molecule has 0 N–H and O–H groups in total. The maximum atomic E-state index is 10.9. The molecule has 0 aliphatic heterocycles. The summed E-state index contributed by atoms with van der Waals surface area (Å²) >= 11 is 5.39. The van der Waals surface area contributed by atoms with Gasteiger partial charge in [-0.25, -0.2) is 0 Å². The van der Waals surface area contributed by atoms with Crippen LogP contribution in [0.25, 0.3) is 0 Å². The molecular formula is C5H12ClOP. The predicted octanol–water partition coefficient (Wildman–Crippen LogP) is 2.24. The molecule has 0 fully saturated rings. The van der Waals surface area contributed by atoms with Crippen LogP contribution in [0.4, 0.5) is 0 Å². The first-order chi connectivity index (χ1) is 3.56. The molecule has 0 saturated heterocycles. The molecule has 0 aromatic carbocycles. The summed E-state index contributed by atoms with van der Waals surface area (Å²) in [6.07, 6.45) is 1.67. The van der Waals surface area contributed by atoms with Crippen LogP contribution in [0.15, 0.2) is 0 Å². The van der Waals surface area contributed by atoms with Gasteiger partial charge >= 0.3 is 0 Å². The molecule has 0 atom stereocenters. The third-order valence-electron chi connectivity index (χ3n) is 0.830. The van der Waals surface area contributed by atoms with Gasteiger partial charge in [-0.3, -0.25) is 0 Å². The molecule has 1 nitrogen and oxygen atoms in total. The lowest BCUT2D eigenvalue weighted by Gasteiger charge is -2.01. The zero-order chi connectivity index (χ0) is 6.62. The van der Waals surface area contributed by atoms with Crippen molar-refractivity contribution >= 4 is 18.7 Å². The highest BCUT2D eigenvalue weighted by Crippen LogP contribution is 2.36. The quantitative estimate of drug-likeness (QED) is 0.450. The van der Waals surface area contributed by atoms with Crippen LogP contribution in [0.5, 0.6) is 0 Å². The molecule has 0 aromatic rings. The maximum Gasteiger partial charge on any atom is 0.0819 e. The number of hydrogen-bond acceptors (Lipinski definition) is 1. The number of alkyl halides is 1. The summed E-state index contributed by atoms with van der Waals surface area (Å²) in [6, 6.07) is 0. The van der Waals surface area contributed by atoms with E-state index in [1.54, 1.807) is 13.3 Å². The van der Waals surface area contributed by atoms with E-state index in [0.29, 0.717) is 5.88 Å². The number of rotatable bonds is 3. The first kappa shape index (κ1) is 8.52. The fraction of sp³-hybridized carbons (Fsp3) is 1.00. The lowest BCUT2D eigenvalue weighted by molar-refractivity contribution is 0.581. The van der Waals surface area contributed by atoms with Crippen LogP contribution in [0.1, 0.15) is 6.42 Å². The van der Waals surface area contributed by atoms with E-state index in [2.05, 4.69) is 0 Å². The average Bonchev–Trinajstić information content (AvgIpc) is 1.59. The Morgan fingerprint density at radius 1 is 1.50 bits per heavy atom. The fourth-order valence-corrected chi connectivity index (χ4v) is 1.68. The van der Waals surface area contributed by atoms with Gasteiger partial charge < -0.3 is 4.57 Å². The maximum absolute atomic E-state index is 10.9. The van der Waals surface area contributed by atoms with Crippen LogP contribution in [0, 0.1) is 0 Å². The molecule has 0 unspecified atom stereocenters. The molecule has 0 bridgehead atoms. The minimum absolute atomic E-state index is 0.631. The van der Waals surface area contributed by atoms with Gasteiger partial charge in [-0.1, -0.05) is 0 Å². The van der Waals surface area contributed by atoms with Crippen molar-refractivity contribution in [2.24, 2.45) is 0 Å². The van der Waals surface area contributed by atoms with Crippen molar-refractivity contribution in [3.05, 3.63) is 0 Å². The molecule has 0 aromatic heterocycles. The normalized spacial score (nSPS) is 11.9. The Morgan fingerprint density at radius 2 is 2.00 bits per heavy atom. The van der Waals surface area contributed by atoms with Crippen LogP contribution < -0.4 is 0 Å². The van der Waals surface area contributed by atoms with E-state index in [-0.39, 0.29) is 0 Å². The predicted molar refractivity (Wildman–Crippen MR) is 39.7 cm³/mol. The number of hydrogen-bond donors (Lipinski definition) is 0. The van der Waals surface area contributed by atoms with Crippen LogP contribution in [-0.4, -0.2) is 25.4 Å². The highest BCUT2D eigenvalue weighted by atomic mass is 35.5. The molecule has 8 heavy (non-hydrogen) atoms. The summed E-state index contributed by atoms with van der Waals surface area (Å²) in [5, 5.41) is 0. The van der Waals surface area contributed by atoms with Gasteiger partial charge in [0.25, 0.3) is 0 Å². The largest absolute Gasteiger partial charge is 0.324 e. The van der Waals surface area contributed by atoms with Crippen molar-refractivity contribution < 1.29 is 4.57 Å². The van der Waals surface area contributed by atoms with Crippen molar-refractivity contribution in [3.63, 3.8) is 0 Å².